The number of benzene rings is 1. The first-order valence-electron chi connectivity index (χ1n) is 12.9. The van der Waals surface area contributed by atoms with Crippen LogP contribution in [0.15, 0.2) is 35.4 Å². The van der Waals surface area contributed by atoms with E-state index in [9.17, 15) is 22.8 Å². The highest BCUT2D eigenvalue weighted by Crippen LogP contribution is 2.33. The second-order valence-electron chi connectivity index (χ2n) is 10.9. The van der Waals surface area contributed by atoms with Gasteiger partial charge in [-0.3, -0.25) is 15.2 Å². The molecule has 1 aliphatic heterocycles. The molecule has 2 fully saturated rings. The number of hydrogen-bond donors (Lipinski definition) is 2. The number of ether oxygens (including phenoxy) is 2. The summed E-state index contributed by atoms with van der Waals surface area (Å²) in [5, 5.41) is 8.71. The molecule has 4 rings (SSSR count). The number of carbonyl (C=O) groups excluding carboxylic acids is 3. The Morgan fingerprint density at radius 3 is 2.38 bits per heavy atom. The third-order valence-corrected chi connectivity index (χ3v) is 9.99. The molecule has 2 atom stereocenters. The molecule has 2 N–H and O–H groups in total. The highest BCUT2D eigenvalue weighted by Gasteiger charge is 2.47. The largest absolute Gasteiger partial charge is 0.464 e. The van der Waals surface area contributed by atoms with Gasteiger partial charge in [0.05, 0.1) is 18.5 Å². The Morgan fingerprint density at radius 1 is 1.18 bits per heavy atom. The number of rotatable bonds is 10. The van der Waals surface area contributed by atoms with Gasteiger partial charge >= 0.3 is 12.1 Å². The summed E-state index contributed by atoms with van der Waals surface area (Å²) in [5.74, 6) is -0.485. The van der Waals surface area contributed by atoms with Crippen LogP contribution in [0.25, 0.3) is 0 Å². The molecule has 1 aromatic carbocycles. The van der Waals surface area contributed by atoms with Crippen LogP contribution < -0.4 is 10.1 Å². The van der Waals surface area contributed by atoms with Crippen molar-refractivity contribution in [1.82, 2.24) is 24.7 Å². The van der Waals surface area contributed by atoms with Gasteiger partial charge in [-0.25, -0.2) is 22.3 Å². The number of aryl methyl sites for hydroxylation is 1. The van der Waals surface area contributed by atoms with Crippen molar-refractivity contribution in [3.63, 3.8) is 0 Å². The van der Waals surface area contributed by atoms with E-state index >= 15 is 0 Å². The predicted molar refractivity (Wildman–Crippen MR) is 148 cm³/mol. The fraction of sp³-hybridized carbons (Fsp3) is 0.538. The maximum absolute atomic E-state index is 14.0. The van der Waals surface area contributed by atoms with E-state index in [2.05, 4.69) is 15.5 Å². The molecule has 14 heteroatoms. The number of hydrogen-bond acceptors (Lipinski definition) is 10. The molecule has 2 heterocycles. The van der Waals surface area contributed by atoms with E-state index in [-0.39, 0.29) is 35.3 Å². The minimum Gasteiger partial charge on any atom is -0.464 e. The lowest BCUT2D eigenvalue weighted by Crippen LogP contribution is -2.56. The van der Waals surface area contributed by atoms with Crippen LogP contribution >= 0.6 is 11.8 Å². The molecule has 0 bridgehead atoms. The normalized spacial score (nSPS) is 19.1. The van der Waals surface area contributed by atoms with E-state index in [4.69, 9.17) is 9.47 Å². The van der Waals surface area contributed by atoms with Crippen molar-refractivity contribution in [3.05, 3.63) is 41.7 Å². The standard InChI is InChI=1S/C26H35N5O7S2/c1-16-21(13-27-29-16)40(35,36)31(23(32)22-28-26(2,3)15-39-22)20(24(33)37-14-18-6-7-18)12-17-8-10-19(11-9-17)38-25(34)30(4)5/h8-11,13,18,20,22,28H,6-7,12,14-15H2,1-5H3,(H,27,29)/t20-,22-/m0/s1. The Labute approximate surface area is 238 Å². The minimum atomic E-state index is -4.52. The van der Waals surface area contributed by atoms with E-state index in [1.165, 1.54) is 23.6 Å². The van der Waals surface area contributed by atoms with Crippen molar-refractivity contribution >= 4 is 39.8 Å². The van der Waals surface area contributed by atoms with Gasteiger partial charge in [-0.2, -0.15) is 5.10 Å². The number of aromatic nitrogens is 2. The number of nitrogens with zero attached hydrogens (tertiary/aromatic N) is 3. The Kier molecular flexibility index (Phi) is 8.80. The molecule has 0 radical (unpaired) electrons. The molecule has 218 valence electrons. The van der Waals surface area contributed by atoms with E-state index in [1.807, 2.05) is 13.8 Å². The van der Waals surface area contributed by atoms with Gasteiger partial charge in [0.15, 0.2) is 0 Å². The van der Waals surface area contributed by atoms with E-state index in [0.717, 1.165) is 19.0 Å². The first-order chi connectivity index (χ1) is 18.8. The molecule has 2 amide bonds. The van der Waals surface area contributed by atoms with Gasteiger partial charge in [0, 0.05) is 31.8 Å². The van der Waals surface area contributed by atoms with Crippen LogP contribution in [0.5, 0.6) is 5.75 Å². The zero-order valence-electron chi connectivity index (χ0n) is 23.2. The fourth-order valence-electron chi connectivity index (χ4n) is 4.08. The third kappa shape index (κ3) is 6.96. The smallest absolute Gasteiger partial charge is 0.414 e. The summed E-state index contributed by atoms with van der Waals surface area (Å²) in [5.41, 5.74) is 0.373. The summed E-state index contributed by atoms with van der Waals surface area (Å²) in [6.07, 6.45) is 2.28. The maximum atomic E-state index is 14.0. The van der Waals surface area contributed by atoms with Gasteiger partial charge in [-0.1, -0.05) is 12.1 Å². The maximum Gasteiger partial charge on any atom is 0.414 e. The first-order valence-corrected chi connectivity index (χ1v) is 15.4. The summed E-state index contributed by atoms with van der Waals surface area (Å²) in [6, 6.07) is 4.83. The van der Waals surface area contributed by atoms with E-state index in [0.29, 0.717) is 15.6 Å². The Bertz CT molecular complexity index is 1350. The Hall–Kier alpha value is -3.10. The monoisotopic (exact) mass is 593 g/mol. The van der Waals surface area contributed by atoms with Crippen molar-refractivity contribution in [1.29, 1.82) is 0 Å². The predicted octanol–water partition coefficient (Wildman–Crippen LogP) is 2.30. The van der Waals surface area contributed by atoms with Crippen LogP contribution in [0.2, 0.25) is 0 Å². The first kappa shape index (κ1) is 29.9. The van der Waals surface area contributed by atoms with Gasteiger partial charge in [-0.05, 0) is 57.2 Å². The third-order valence-electron chi connectivity index (χ3n) is 6.53. The van der Waals surface area contributed by atoms with Crippen molar-refractivity contribution < 1.29 is 32.3 Å². The second-order valence-corrected chi connectivity index (χ2v) is 13.8. The molecule has 40 heavy (non-hydrogen) atoms. The summed E-state index contributed by atoms with van der Waals surface area (Å²) >= 11 is 1.28. The highest BCUT2D eigenvalue weighted by molar-refractivity contribution is 8.01. The van der Waals surface area contributed by atoms with Crippen molar-refractivity contribution in [2.24, 2.45) is 5.92 Å². The lowest BCUT2D eigenvalue weighted by atomic mass is 10.1. The number of nitrogens with one attached hydrogen (secondary N) is 2. The molecule has 2 aliphatic rings. The van der Waals surface area contributed by atoms with Gasteiger partial charge in [0.1, 0.15) is 22.1 Å². The summed E-state index contributed by atoms with van der Waals surface area (Å²) in [6.45, 7) is 5.52. The van der Waals surface area contributed by atoms with Crippen LogP contribution in [0.1, 0.15) is 37.9 Å². The lowest BCUT2D eigenvalue weighted by molar-refractivity contribution is -0.152. The van der Waals surface area contributed by atoms with E-state index < -0.39 is 44.9 Å². The quantitative estimate of drug-likeness (QED) is 0.393. The van der Waals surface area contributed by atoms with Crippen LogP contribution in [-0.4, -0.2) is 89.2 Å². The highest BCUT2D eigenvalue weighted by atomic mass is 32.2. The number of esters is 1. The molecule has 1 aliphatic carbocycles. The number of amides is 2. The number of thioether (sulfide) groups is 1. The number of sulfonamides is 1. The lowest BCUT2D eigenvalue weighted by Gasteiger charge is -2.31. The molecule has 12 nitrogen and oxygen atoms in total. The molecular weight excluding hydrogens is 558 g/mol. The molecule has 1 aromatic heterocycles. The van der Waals surface area contributed by atoms with Crippen LogP contribution in [-0.2, 0) is 30.8 Å². The van der Waals surface area contributed by atoms with Crippen molar-refractivity contribution in [3.8, 4) is 5.75 Å². The molecule has 0 spiro atoms. The Morgan fingerprint density at radius 2 is 1.85 bits per heavy atom. The van der Waals surface area contributed by atoms with Gasteiger partial charge in [-0.15, -0.1) is 11.8 Å². The second kappa shape index (κ2) is 11.8. The van der Waals surface area contributed by atoms with E-state index in [1.54, 1.807) is 38.4 Å². The molecule has 1 saturated carbocycles. The SMILES string of the molecule is Cc1[nH]ncc1S(=O)(=O)N(C(=O)[C@H]1NC(C)(C)CS1)[C@@H](Cc1ccc(OC(=O)N(C)C)cc1)C(=O)OCC1CC1. The zero-order chi connectivity index (χ0) is 29.2. The average Bonchev–Trinajstić information content (AvgIpc) is 3.50. The van der Waals surface area contributed by atoms with Crippen molar-refractivity contribution in [2.75, 3.05) is 26.5 Å². The van der Waals surface area contributed by atoms with Crippen LogP contribution in [0.4, 0.5) is 4.79 Å². The summed E-state index contributed by atoms with van der Waals surface area (Å²) in [7, 11) is -1.41. The number of carbonyl (C=O) groups is 3. The van der Waals surface area contributed by atoms with Gasteiger partial charge in [0.2, 0.25) is 0 Å². The molecular formula is C26H35N5O7S2. The topological polar surface area (TPSA) is 151 Å². The number of H-pyrrole nitrogens is 1. The molecule has 0 unspecified atom stereocenters. The molecule has 1 saturated heterocycles. The zero-order valence-corrected chi connectivity index (χ0v) is 24.8. The van der Waals surface area contributed by atoms with Gasteiger partial charge < -0.3 is 14.4 Å². The Balaban J connectivity index is 1.71. The fourth-order valence-corrected chi connectivity index (χ4v) is 7.14. The van der Waals surface area contributed by atoms with Crippen LogP contribution in [0.3, 0.4) is 0 Å². The van der Waals surface area contributed by atoms with Crippen molar-refractivity contribution in [2.45, 2.75) is 61.9 Å². The summed E-state index contributed by atoms with van der Waals surface area (Å²) < 4.78 is 39.5. The number of aromatic amines is 1. The minimum absolute atomic E-state index is 0.145. The van der Waals surface area contributed by atoms with Crippen LogP contribution in [0, 0.1) is 12.8 Å². The van der Waals surface area contributed by atoms with Gasteiger partial charge in [0.25, 0.3) is 15.9 Å². The molecule has 2 aromatic rings. The average molecular weight is 594 g/mol. The summed E-state index contributed by atoms with van der Waals surface area (Å²) in [4.78, 5) is 40.5.